The molecule has 0 N–H and O–H groups in total. The first-order chi connectivity index (χ1) is 10.9. The lowest BCUT2D eigenvalue weighted by molar-refractivity contribution is 0.0758. The fraction of sp³-hybridized carbons (Fsp3) is 0.267. The van der Waals surface area contributed by atoms with Gasteiger partial charge in [0.1, 0.15) is 11.1 Å². The lowest BCUT2D eigenvalue weighted by Gasteiger charge is -2.32. The SMILES string of the molecule is O=C(c1ccc(Br)c(F)c1)N1CCS(=O)(=O)C(c2cccs2)C1. The highest BCUT2D eigenvalue weighted by Crippen LogP contribution is 2.31. The molecular formula is C15H13BrFNO3S2. The van der Waals surface area contributed by atoms with Crippen LogP contribution < -0.4 is 0 Å². The minimum Gasteiger partial charge on any atom is -0.336 e. The van der Waals surface area contributed by atoms with Crippen molar-refractivity contribution >= 4 is 43.0 Å². The molecule has 1 aliphatic heterocycles. The van der Waals surface area contributed by atoms with Gasteiger partial charge in [0.15, 0.2) is 9.84 Å². The zero-order valence-electron chi connectivity index (χ0n) is 11.9. The third-order valence-corrected chi connectivity index (χ3v) is 7.58. The van der Waals surface area contributed by atoms with Gasteiger partial charge in [-0.05, 0) is 45.6 Å². The molecule has 3 rings (SSSR count). The maximum atomic E-state index is 13.6. The number of hydrogen-bond donors (Lipinski definition) is 0. The first-order valence-electron chi connectivity index (χ1n) is 6.88. The fourth-order valence-corrected chi connectivity index (χ4v) is 5.67. The van der Waals surface area contributed by atoms with Crippen LogP contribution in [0.2, 0.25) is 0 Å². The van der Waals surface area contributed by atoms with Gasteiger partial charge in [0.05, 0.1) is 10.2 Å². The van der Waals surface area contributed by atoms with E-state index in [0.717, 1.165) is 10.9 Å². The summed E-state index contributed by atoms with van der Waals surface area (Å²) in [6.45, 7) is 0.222. The van der Waals surface area contributed by atoms with Crippen molar-refractivity contribution in [3.05, 3.63) is 56.4 Å². The molecule has 0 bridgehead atoms. The molecular weight excluding hydrogens is 405 g/mol. The molecule has 23 heavy (non-hydrogen) atoms. The van der Waals surface area contributed by atoms with Crippen LogP contribution in [0.5, 0.6) is 0 Å². The van der Waals surface area contributed by atoms with Gasteiger partial charge in [0.25, 0.3) is 5.91 Å². The van der Waals surface area contributed by atoms with Crippen LogP contribution in [0.15, 0.2) is 40.2 Å². The van der Waals surface area contributed by atoms with E-state index in [2.05, 4.69) is 15.9 Å². The van der Waals surface area contributed by atoms with Gasteiger partial charge in [-0.2, -0.15) is 0 Å². The Morgan fingerprint density at radius 3 is 2.78 bits per heavy atom. The van der Waals surface area contributed by atoms with Crippen LogP contribution in [0.1, 0.15) is 20.5 Å². The van der Waals surface area contributed by atoms with Crippen LogP contribution >= 0.6 is 27.3 Å². The Labute approximate surface area is 146 Å². The number of nitrogens with zero attached hydrogens (tertiary/aromatic N) is 1. The summed E-state index contributed by atoms with van der Waals surface area (Å²) in [6, 6.07) is 7.72. The fourth-order valence-electron chi connectivity index (χ4n) is 2.52. The lowest BCUT2D eigenvalue weighted by atomic mass is 10.2. The van der Waals surface area contributed by atoms with Crippen LogP contribution in [0.3, 0.4) is 0 Å². The minimum atomic E-state index is -3.28. The molecule has 8 heteroatoms. The third-order valence-electron chi connectivity index (χ3n) is 3.78. The quantitative estimate of drug-likeness (QED) is 0.753. The molecule has 1 amide bonds. The van der Waals surface area contributed by atoms with E-state index < -0.39 is 20.9 Å². The maximum absolute atomic E-state index is 13.6. The van der Waals surface area contributed by atoms with Gasteiger partial charge in [0.2, 0.25) is 0 Å². The number of amides is 1. The number of carbonyl (C=O) groups excluding carboxylic acids is 1. The standard InChI is InChI=1S/C15H13BrFNO3S2/c16-11-4-3-10(8-12(11)17)15(19)18-5-7-23(20,21)14(9-18)13-2-1-6-22-13/h1-4,6,8,14H,5,7,9H2. The number of hydrogen-bond acceptors (Lipinski definition) is 4. The van der Waals surface area contributed by atoms with Crippen LogP contribution in [-0.4, -0.2) is 38.1 Å². The minimum absolute atomic E-state index is 0.0830. The molecule has 1 atom stereocenters. The molecule has 1 unspecified atom stereocenters. The molecule has 1 saturated heterocycles. The average Bonchev–Trinajstić information content (AvgIpc) is 3.03. The Kier molecular flexibility index (Phi) is 4.57. The first-order valence-corrected chi connectivity index (χ1v) is 10.3. The highest BCUT2D eigenvalue weighted by atomic mass is 79.9. The van der Waals surface area contributed by atoms with Crippen molar-refractivity contribution in [1.82, 2.24) is 4.90 Å². The van der Waals surface area contributed by atoms with Gasteiger partial charge in [-0.15, -0.1) is 11.3 Å². The van der Waals surface area contributed by atoms with Crippen LogP contribution in [0, 0.1) is 5.82 Å². The summed E-state index contributed by atoms with van der Waals surface area (Å²) in [4.78, 5) is 14.7. The van der Waals surface area contributed by atoms with E-state index >= 15 is 0 Å². The Morgan fingerprint density at radius 1 is 1.35 bits per heavy atom. The van der Waals surface area contributed by atoms with E-state index in [1.165, 1.54) is 28.4 Å². The molecule has 0 saturated carbocycles. The monoisotopic (exact) mass is 417 g/mol. The van der Waals surface area contributed by atoms with E-state index in [4.69, 9.17) is 0 Å². The molecule has 4 nitrogen and oxygen atoms in total. The van der Waals surface area contributed by atoms with Crippen molar-refractivity contribution in [2.45, 2.75) is 5.25 Å². The molecule has 0 aliphatic carbocycles. The first kappa shape index (κ1) is 16.6. The highest BCUT2D eigenvalue weighted by molar-refractivity contribution is 9.10. The molecule has 1 aromatic heterocycles. The van der Waals surface area contributed by atoms with Crippen molar-refractivity contribution in [3.63, 3.8) is 0 Å². The zero-order chi connectivity index (χ0) is 16.6. The van der Waals surface area contributed by atoms with Gasteiger partial charge < -0.3 is 4.90 Å². The largest absolute Gasteiger partial charge is 0.336 e. The summed E-state index contributed by atoms with van der Waals surface area (Å²) >= 11 is 4.41. The molecule has 1 aliphatic rings. The van der Waals surface area contributed by atoms with E-state index in [1.54, 1.807) is 12.1 Å². The highest BCUT2D eigenvalue weighted by Gasteiger charge is 2.36. The van der Waals surface area contributed by atoms with Crippen molar-refractivity contribution in [1.29, 1.82) is 0 Å². The Hall–Kier alpha value is -1.25. The summed E-state index contributed by atoms with van der Waals surface area (Å²) in [6.07, 6.45) is 0. The molecule has 0 radical (unpaired) electrons. The number of sulfone groups is 1. The normalized spacial score (nSPS) is 20.4. The van der Waals surface area contributed by atoms with Crippen molar-refractivity contribution < 1.29 is 17.6 Å². The van der Waals surface area contributed by atoms with Crippen molar-refractivity contribution in [2.24, 2.45) is 0 Å². The number of benzene rings is 1. The van der Waals surface area contributed by atoms with Crippen LogP contribution in [0.25, 0.3) is 0 Å². The van der Waals surface area contributed by atoms with Gasteiger partial charge in [0, 0.05) is 23.5 Å². The second-order valence-corrected chi connectivity index (χ2v) is 9.39. The molecule has 122 valence electrons. The summed E-state index contributed by atoms with van der Waals surface area (Å²) in [5, 5.41) is 1.11. The average molecular weight is 418 g/mol. The molecule has 1 aromatic carbocycles. The van der Waals surface area contributed by atoms with Crippen molar-refractivity contribution in [2.75, 3.05) is 18.8 Å². The van der Waals surface area contributed by atoms with E-state index in [-0.39, 0.29) is 34.8 Å². The van der Waals surface area contributed by atoms with E-state index in [1.807, 2.05) is 5.38 Å². The number of halogens is 2. The predicted octanol–water partition coefficient (Wildman–Crippen LogP) is 3.26. The second kappa shape index (κ2) is 6.33. The molecule has 1 fully saturated rings. The van der Waals surface area contributed by atoms with Crippen LogP contribution in [-0.2, 0) is 9.84 Å². The van der Waals surface area contributed by atoms with Gasteiger partial charge >= 0.3 is 0 Å². The predicted molar refractivity (Wildman–Crippen MR) is 90.9 cm³/mol. The second-order valence-electron chi connectivity index (χ2n) is 5.25. The topological polar surface area (TPSA) is 54.5 Å². The van der Waals surface area contributed by atoms with Crippen molar-refractivity contribution in [3.8, 4) is 0 Å². The molecule has 2 heterocycles. The Bertz CT molecular complexity index is 836. The summed E-state index contributed by atoms with van der Waals surface area (Å²) in [5.74, 6) is -0.955. The Morgan fingerprint density at radius 2 is 2.13 bits per heavy atom. The zero-order valence-corrected chi connectivity index (χ0v) is 15.1. The maximum Gasteiger partial charge on any atom is 0.254 e. The summed E-state index contributed by atoms with van der Waals surface area (Å²) < 4.78 is 38.5. The molecule has 0 spiro atoms. The summed E-state index contributed by atoms with van der Waals surface area (Å²) in [7, 11) is -3.28. The summed E-state index contributed by atoms with van der Waals surface area (Å²) in [5.41, 5.74) is 0.218. The Balaban J connectivity index is 1.86. The number of carbonyl (C=O) groups is 1. The van der Waals surface area contributed by atoms with Gasteiger partial charge in [-0.1, -0.05) is 6.07 Å². The molecule has 2 aromatic rings. The van der Waals surface area contributed by atoms with E-state index in [0.29, 0.717) is 0 Å². The lowest BCUT2D eigenvalue weighted by Crippen LogP contribution is -2.45. The van der Waals surface area contributed by atoms with Gasteiger partial charge in [-0.3, -0.25) is 4.79 Å². The van der Waals surface area contributed by atoms with E-state index in [9.17, 15) is 17.6 Å². The number of thiophene rings is 1. The van der Waals surface area contributed by atoms with Gasteiger partial charge in [-0.25, -0.2) is 12.8 Å². The third kappa shape index (κ3) is 3.34. The van der Waals surface area contributed by atoms with Crippen LogP contribution in [0.4, 0.5) is 4.39 Å². The smallest absolute Gasteiger partial charge is 0.254 e. The number of rotatable bonds is 2.